The second-order valence-corrected chi connectivity index (χ2v) is 9.19. The van der Waals surface area contributed by atoms with Crippen LogP contribution in [0.2, 0.25) is 0 Å². The average molecular weight is 437 g/mol. The van der Waals surface area contributed by atoms with E-state index in [2.05, 4.69) is 21.6 Å². The molecule has 7 heteroatoms. The van der Waals surface area contributed by atoms with Gasteiger partial charge in [0.25, 0.3) is 11.5 Å². The second-order valence-electron chi connectivity index (χ2n) is 9.19. The van der Waals surface area contributed by atoms with E-state index in [1.54, 1.807) is 23.7 Å². The highest BCUT2D eigenvalue weighted by atomic mass is 16.2. The minimum absolute atomic E-state index is 0.00901. The molecule has 2 fully saturated rings. The van der Waals surface area contributed by atoms with Crippen molar-refractivity contribution in [3.8, 4) is 0 Å². The van der Waals surface area contributed by atoms with Crippen molar-refractivity contribution in [2.24, 2.45) is 7.05 Å². The maximum absolute atomic E-state index is 12.2. The topological polar surface area (TPSA) is 83.4 Å². The third kappa shape index (κ3) is 5.27. The molecule has 1 saturated heterocycles. The molecule has 2 aliphatic rings. The molecular weight excluding hydrogens is 404 g/mol. The summed E-state index contributed by atoms with van der Waals surface area (Å²) in [6.45, 7) is 3.64. The Bertz CT molecular complexity index is 1030. The molecule has 2 aromatic rings. The fraction of sp³-hybridized carbons (Fsp3) is 0.480. The lowest BCUT2D eigenvalue weighted by Crippen LogP contribution is -2.63. The Hall–Kier alpha value is -2.93. The number of rotatable bonds is 6. The Kier molecular flexibility index (Phi) is 6.74. The number of carbonyl (C=O) groups excluding carboxylic acids is 2. The van der Waals surface area contributed by atoms with Crippen molar-refractivity contribution in [1.82, 2.24) is 20.1 Å². The lowest BCUT2D eigenvalue weighted by atomic mass is 9.80. The Labute approximate surface area is 188 Å². The number of aromatic nitrogens is 1. The van der Waals surface area contributed by atoms with Gasteiger partial charge < -0.3 is 15.2 Å². The molecule has 0 spiro atoms. The summed E-state index contributed by atoms with van der Waals surface area (Å²) in [6.07, 6.45) is 6.28. The first kappa shape index (κ1) is 22.3. The molecule has 1 aromatic heterocycles. The van der Waals surface area contributed by atoms with E-state index in [1.165, 1.54) is 0 Å². The molecule has 2 heterocycles. The van der Waals surface area contributed by atoms with Crippen LogP contribution in [0.5, 0.6) is 0 Å². The molecule has 0 unspecified atom stereocenters. The minimum Gasteiger partial charge on any atom is -0.349 e. The van der Waals surface area contributed by atoms with Crippen molar-refractivity contribution < 1.29 is 9.59 Å². The molecule has 0 atom stereocenters. The third-order valence-electron chi connectivity index (χ3n) is 6.78. The normalized spacial score (nSPS) is 21.6. The average Bonchev–Trinajstić information content (AvgIpc) is 2.76. The predicted octanol–water partition coefficient (Wildman–Crippen LogP) is 1.95. The molecule has 7 nitrogen and oxygen atoms in total. The largest absolute Gasteiger partial charge is 0.349 e. The SMILES string of the molecule is Cc1cccc(C(=O)NCC(=O)NC2CN(C3CCC(c4ccn(C)c(=O)c4)CC3)C2)c1. The van der Waals surface area contributed by atoms with Crippen LogP contribution in [0.1, 0.15) is 53.1 Å². The molecule has 1 saturated carbocycles. The second kappa shape index (κ2) is 9.69. The first-order valence-electron chi connectivity index (χ1n) is 11.4. The molecule has 0 bridgehead atoms. The van der Waals surface area contributed by atoms with Gasteiger partial charge in [-0.25, -0.2) is 0 Å². The van der Waals surface area contributed by atoms with Gasteiger partial charge in [0.15, 0.2) is 0 Å². The summed E-state index contributed by atoms with van der Waals surface area (Å²) in [5.74, 6) is 0.0890. The number of nitrogens with zero attached hydrogens (tertiary/aromatic N) is 2. The summed E-state index contributed by atoms with van der Waals surface area (Å²) in [6, 6.07) is 11.9. The number of aryl methyl sites for hydroxylation is 2. The van der Waals surface area contributed by atoms with Crippen LogP contribution in [0, 0.1) is 6.92 Å². The van der Waals surface area contributed by atoms with Crippen LogP contribution in [0.25, 0.3) is 0 Å². The van der Waals surface area contributed by atoms with E-state index in [4.69, 9.17) is 0 Å². The number of hydrogen-bond acceptors (Lipinski definition) is 4. The monoisotopic (exact) mass is 436 g/mol. The highest BCUT2D eigenvalue weighted by Crippen LogP contribution is 2.35. The number of benzene rings is 1. The molecule has 4 rings (SSSR count). The van der Waals surface area contributed by atoms with Crippen LogP contribution >= 0.6 is 0 Å². The van der Waals surface area contributed by atoms with Crippen molar-refractivity contribution in [2.75, 3.05) is 19.6 Å². The van der Waals surface area contributed by atoms with Gasteiger partial charge in [-0.05, 0) is 62.3 Å². The minimum atomic E-state index is -0.230. The predicted molar refractivity (Wildman–Crippen MR) is 124 cm³/mol. The van der Waals surface area contributed by atoms with Crippen molar-refractivity contribution in [3.05, 3.63) is 69.6 Å². The molecule has 0 radical (unpaired) electrons. The van der Waals surface area contributed by atoms with Crippen molar-refractivity contribution in [1.29, 1.82) is 0 Å². The Balaban J connectivity index is 1.16. The standard InChI is InChI=1S/C25H32N4O3/c1-17-4-3-5-20(12-17)25(32)26-14-23(30)27-21-15-29(16-21)22-8-6-18(7-9-22)19-10-11-28(2)24(31)13-19/h3-5,10-13,18,21-22H,6-9,14-16H2,1-2H3,(H,26,32)(H,27,30). The van der Waals surface area contributed by atoms with E-state index in [1.807, 2.05) is 31.3 Å². The van der Waals surface area contributed by atoms with Gasteiger partial charge in [-0.2, -0.15) is 0 Å². The smallest absolute Gasteiger partial charge is 0.251 e. The Morgan fingerprint density at radius 1 is 1.06 bits per heavy atom. The van der Waals surface area contributed by atoms with E-state index in [0.29, 0.717) is 17.5 Å². The highest BCUT2D eigenvalue weighted by molar-refractivity contribution is 5.96. The molecule has 1 aliphatic carbocycles. The number of nitrogens with one attached hydrogen (secondary N) is 2. The summed E-state index contributed by atoms with van der Waals surface area (Å²) in [4.78, 5) is 38.7. The molecule has 2 amide bonds. The maximum Gasteiger partial charge on any atom is 0.251 e. The van der Waals surface area contributed by atoms with Gasteiger partial charge in [0, 0.05) is 44.0 Å². The van der Waals surface area contributed by atoms with E-state index in [-0.39, 0.29) is 30.0 Å². The van der Waals surface area contributed by atoms with E-state index in [0.717, 1.165) is 49.9 Å². The number of pyridine rings is 1. The van der Waals surface area contributed by atoms with Crippen LogP contribution in [0.4, 0.5) is 0 Å². The maximum atomic E-state index is 12.2. The van der Waals surface area contributed by atoms with Crippen LogP contribution in [0.3, 0.4) is 0 Å². The Morgan fingerprint density at radius 2 is 1.81 bits per heavy atom. The van der Waals surface area contributed by atoms with Crippen LogP contribution in [0.15, 0.2) is 47.4 Å². The van der Waals surface area contributed by atoms with Crippen molar-refractivity contribution in [3.63, 3.8) is 0 Å². The molecule has 32 heavy (non-hydrogen) atoms. The van der Waals surface area contributed by atoms with Gasteiger partial charge in [-0.15, -0.1) is 0 Å². The van der Waals surface area contributed by atoms with E-state index < -0.39 is 0 Å². The fourth-order valence-electron chi connectivity index (χ4n) is 4.82. The van der Waals surface area contributed by atoms with Gasteiger partial charge in [-0.3, -0.25) is 19.3 Å². The summed E-state index contributed by atoms with van der Waals surface area (Å²) in [5, 5.41) is 5.71. The third-order valence-corrected chi connectivity index (χ3v) is 6.78. The number of carbonyl (C=O) groups is 2. The van der Waals surface area contributed by atoms with Gasteiger partial charge >= 0.3 is 0 Å². The summed E-state index contributed by atoms with van der Waals surface area (Å²) >= 11 is 0. The van der Waals surface area contributed by atoms with E-state index in [9.17, 15) is 14.4 Å². The summed E-state index contributed by atoms with van der Waals surface area (Å²) < 4.78 is 1.61. The van der Waals surface area contributed by atoms with Gasteiger partial charge in [0.2, 0.25) is 5.91 Å². The number of likely N-dealkylation sites (tertiary alicyclic amines) is 1. The van der Waals surface area contributed by atoms with Crippen LogP contribution in [-0.2, 0) is 11.8 Å². The molecule has 2 N–H and O–H groups in total. The Morgan fingerprint density at radius 3 is 2.50 bits per heavy atom. The van der Waals surface area contributed by atoms with Crippen LogP contribution in [-0.4, -0.2) is 53.0 Å². The highest BCUT2D eigenvalue weighted by Gasteiger charge is 2.35. The summed E-state index contributed by atoms with van der Waals surface area (Å²) in [7, 11) is 1.78. The number of hydrogen-bond donors (Lipinski definition) is 2. The van der Waals surface area contributed by atoms with E-state index >= 15 is 0 Å². The first-order valence-corrected chi connectivity index (χ1v) is 11.4. The summed E-state index contributed by atoms with van der Waals surface area (Å²) in [5.41, 5.74) is 2.80. The molecular formula is C25H32N4O3. The zero-order valence-electron chi connectivity index (χ0n) is 18.8. The molecule has 1 aliphatic heterocycles. The lowest BCUT2D eigenvalue weighted by molar-refractivity contribution is -0.122. The van der Waals surface area contributed by atoms with Gasteiger partial charge in [-0.1, -0.05) is 17.7 Å². The van der Waals surface area contributed by atoms with Gasteiger partial charge in [0.05, 0.1) is 12.6 Å². The number of amides is 2. The van der Waals surface area contributed by atoms with Crippen LogP contribution < -0.4 is 16.2 Å². The fourth-order valence-corrected chi connectivity index (χ4v) is 4.82. The van der Waals surface area contributed by atoms with Crippen molar-refractivity contribution in [2.45, 2.75) is 50.6 Å². The zero-order chi connectivity index (χ0) is 22.7. The first-order chi connectivity index (χ1) is 15.4. The molecule has 1 aromatic carbocycles. The molecule has 170 valence electrons. The zero-order valence-corrected chi connectivity index (χ0v) is 18.8. The lowest BCUT2D eigenvalue weighted by Gasteiger charge is -2.46. The quantitative estimate of drug-likeness (QED) is 0.725. The van der Waals surface area contributed by atoms with Gasteiger partial charge in [0.1, 0.15) is 0 Å². The van der Waals surface area contributed by atoms with Crippen molar-refractivity contribution >= 4 is 11.8 Å².